The van der Waals surface area contributed by atoms with Crippen molar-refractivity contribution in [2.45, 2.75) is 32.2 Å². The van der Waals surface area contributed by atoms with E-state index < -0.39 is 11.6 Å². The van der Waals surface area contributed by atoms with Crippen molar-refractivity contribution in [3.8, 4) is 0 Å². The van der Waals surface area contributed by atoms with Crippen molar-refractivity contribution in [2.75, 3.05) is 0 Å². The predicted octanol–water partition coefficient (Wildman–Crippen LogP) is 2.20. The maximum absolute atomic E-state index is 13.2. The molecule has 88 valence electrons. The van der Waals surface area contributed by atoms with Crippen LogP contribution in [0.5, 0.6) is 0 Å². The van der Waals surface area contributed by atoms with Crippen molar-refractivity contribution in [2.24, 2.45) is 5.73 Å². The maximum atomic E-state index is 13.2. The smallest absolute Gasteiger partial charge is 0.137 e. The van der Waals surface area contributed by atoms with Gasteiger partial charge in [-0.25, -0.2) is 8.78 Å². The fourth-order valence-electron chi connectivity index (χ4n) is 1.38. The van der Waals surface area contributed by atoms with Gasteiger partial charge in [0.15, 0.2) is 0 Å². The maximum Gasteiger partial charge on any atom is 0.137 e. The summed E-state index contributed by atoms with van der Waals surface area (Å²) in [6, 6.07) is 3.50. The van der Waals surface area contributed by atoms with Crippen LogP contribution in [0.25, 0.3) is 0 Å². The Bertz CT molecular complexity index is 357. The lowest BCUT2D eigenvalue weighted by atomic mass is 10.0. The van der Waals surface area contributed by atoms with Gasteiger partial charge in [-0.3, -0.25) is 4.79 Å². The molecule has 0 aromatic heterocycles. The molecule has 2 N–H and O–H groups in total. The molecule has 0 amide bonds. The second-order valence-electron chi connectivity index (χ2n) is 3.93. The largest absolute Gasteiger partial charge is 0.328 e. The summed E-state index contributed by atoms with van der Waals surface area (Å²) in [7, 11) is 0. The van der Waals surface area contributed by atoms with E-state index in [0.29, 0.717) is 6.42 Å². The van der Waals surface area contributed by atoms with Gasteiger partial charge in [0, 0.05) is 24.4 Å². The van der Waals surface area contributed by atoms with E-state index in [1.165, 1.54) is 6.07 Å². The quantitative estimate of drug-likeness (QED) is 0.838. The fraction of sp³-hybridized carbons (Fsp3) is 0.417. The van der Waals surface area contributed by atoms with E-state index in [-0.39, 0.29) is 30.2 Å². The van der Waals surface area contributed by atoms with Crippen molar-refractivity contribution in [1.82, 2.24) is 0 Å². The Morgan fingerprint density at radius 2 is 1.94 bits per heavy atom. The molecular weight excluding hydrogens is 212 g/mol. The minimum atomic E-state index is -0.672. The van der Waals surface area contributed by atoms with E-state index in [1.807, 2.05) is 0 Å². The summed E-state index contributed by atoms with van der Waals surface area (Å²) in [6.07, 6.45) is 0.589. The molecule has 16 heavy (non-hydrogen) atoms. The van der Waals surface area contributed by atoms with E-state index in [9.17, 15) is 13.6 Å². The van der Waals surface area contributed by atoms with Crippen molar-refractivity contribution < 1.29 is 13.6 Å². The number of nitrogens with two attached hydrogens (primary N) is 1. The van der Waals surface area contributed by atoms with Gasteiger partial charge in [0.25, 0.3) is 0 Å². The molecule has 0 saturated heterocycles. The van der Waals surface area contributed by atoms with E-state index in [2.05, 4.69) is 0 Å². The lowest BCUT2D eigenvalue weighted by Gasteiger charge is -2.06. The molecule has 0 aliphatic rings. The molecule has 0 heterocycles. The van der Waals surface area contributed by atoms with Gasteiger partial charge >= 0.3 is 0 Å². The highest BCUT2D eigenvalue weighted by atomic mass is 19.1. The normalized spacial score (nSPS) is 12.5. The molecule has 0 saturated carbocycles. The van der Waals surface area contributed by atoms with Crippen molar-refractivity contribution in [1.29, 1.82) is 0 Å². The molecule has 1 rings (SSSR count). The molecule has 0 spiro atoms. The first-order valence-electron chi connectivity index (χ1n) is 5.21. The second-order valence-corrected chi connectivity index (χ2v) is 3.93. The summed E-state index contributed by atoms with van der Waals surface area (Å²) >= 11 is 0. The van der Waals surface area contributed by atoms with Crippen LogP contribution in [0.4, 0.5) is 8.78 Å². The number of hydrogen-bond acceptors (Lipinski definition) is 2. The van der Waals surface area contributed by atoms with Crippen LogP contribution in [0.2, 0.25) is 0 Å². The third-order valence-corrected chi connectivity index (χ3v) is 2.31. The minimum absolute atomic E-state index is 0.0746. The van der Waals surface area contributed by atoms with Crippen molar-refractivity contribution >= 4 is 5.78 Å². The Balaban J connectivity index is 2.63. The molecule has 4 heteroatoms. The third kappa shape index (κ3) is 3.70. The molecule has 1 aromatic rings. The molecule has 0 bridgehead atoms. The number of carbonyl (C=O) groups is 1. The number of ketones is 1. The Morgan fingerprint density at radius 1 is 1.38 bits per heavy atom. The van der Waals surface area contributed by atoms with Crippen LogP contribution in [-0.2, 0) is 11.2 Å². The molecule has 1 aromatic carbocycles. The fourth-order valence-corrected chi connectivity index (χ4v) is 1.38. The number of Topliss-reactive ketones (excluding diaryl/α,β-unsaturated/α-hetero) is 1. The van der Waals surface area contributed by atoms with E-state index in [1.54, 1.807) is 6.92 Å². The summed E-state index contributed by atoms with van der Waals surface area (Å²) in [4.78, 5) is 11.4. The zero-order valence-corrected chi connectivity index (χ0v) is 9.17. The van der Waals surface area contributed by atoms with Crippen LogP contribution in [0.3, 0.4) is 0 Å². The number of carbonyl (C=O) groups excluding carboxylic acids is 1. The summed E-state index contributed by atoms with van der Waals surface area (Å²) in [5, 5.41) is 0. The minimum Gasteiger partial charge on any atom is -0.328 e. The van der Waals surface area contributed by atoms with E-state index in [4.69, 9.17) is 5.73 Å². The van der Waals surface area contributed by atoms with E-state index in [0.717, 1.165) is 12.1 Å². The van der Waals surface area contributed by atoms with Gasteiger partial charge in [-0.05, 0) is 25.5 Å². The first-order valence-corrected chi connectivity index (χ1v) is 5.21. The molecule has 0 aliphatic heterocycles. The highest BCUT2D eigenvalue weighted by molar-refractivity contribution is 5.80. The van der Waals surface area contributed by atoms with Crippen LogP contribution in [0, 0.1) is 11.6 Å². The summed E-state index contributed by atoms with van der Waals surface area (Å²) in [5.41, 5.74) is 5.34. The van der Waals surface area contributed by atoms with E-state index >= 15 is 0 Å². The first kappa shape index (κ1) is 12.8. The van der Waals surface area contributed by atoms with Crippen LogP contribution >= 0.6 is 0 Å². The lowest BCUT2D eigenvalue weighted by Crippen LogP contribution is -2.17. The number of benzene rings is 1. The van der Waals surface area contributed by atoms with Gasteiger partial charge < -0.3 is 5.73 Å². The van der Waals surface area contributed by atoms with Gasteiger partial charge in [-0.1, -0.05) is 6.07 Å². The molecule has 1 atom stereocenters. The molecule has 0 fully saturated rings. The van der Waals surface area contributed by atoms with Crippen LogP contribution in [0.1, 0.15) is 25.3 Å². The zero-order valence-electron chi connectivity index (χ0n) is 9.17. The molecular formula is C12H15F2NO. The SMILES string of the molecule is CC(N)CCC(=O)Cc1c(F)cccc1F. The summed E-state index contributed by atoms with van der Waals surface area (Å²) < 4.78 is 26.4. The Hall–Kier alpha value is -1.29. The molecule has 2 nitrogen and oxygen atoms in total. The van der Waals surface area contributed by atoms with Gasteiger partial charge in [-0.2, -0.15) is 0 Å². The Kier molecular flexibility index (Phi) is 4.55. The van der Waals surface area contributed by atoms with Crippen LogP contribution in [-0.4, -0.2) is 11.8 Å². The third-order valence-electron chi connectivity index (χ3n) is 2.31. The molecule has 0 radical (unpaired) electrons. The standard InChI is InChI=1S/C12H15F2NO/c1-8(15)5-6-9(16)7-10-11(13)3-2-4-12(10)14/h2-4,8H,5-7,15H2,1H3. The van der Waals surface area contributed by atoms with Crippen molar-refractivity contribution in [3.05, 3.63) is 35.4 Å². The highest BCUT2D eigenvalue weighted by Gasteiger charge is 2.13. The zero-order chi connectivity index (χ0) is 12.1. The molecule has 1 unspecified atom stereocenters. The van der Waals surface area contributed by atoms with Gasteiger partial charge in [0.1, 0.15) is 17.4 Å². The van der Waals surface area contributed by atoms with Gasteiger partial charge in [-0.15, -0.1) is 0 Å². The number of halogens is 2. The molecule has 0 aliphatic carbocycles. The second kappa shape index (κ2) is 5.70. The average Bonchev–Trinajstić information content (AvgIpc) is 2.21. The Labute approximate surface area is 93.5 Å². The topological polar surface area (TPSA) is 43.1 Å². The highest BCUT2D eigenvalue weighted by Crippen LogP contribution is 2.14. The summed E-state index contributed by atoms with van der Waals surface area (Å²) in [5.74, 6) is -1.54. The predicted molar refractivity (Wildman–Crippen MR) is 58.0 cm³/mol. The summed E-state index contributed by atoms with van der Waals surface area (Å²) in [6.45, 7) is 1.79. The van der Waals surface area contributed by atoms with Crippen molar-refractivity contribution in [3.63, 3.8) is 0 Å². The van der Waals surface area contributed by atoms with Gasteiger partial charge in [0.2, 0.25) is 0 Å². The number of rotatable bonds is 5. The monoisotopic (exact) mass is 227 g/mol. The number of hydrogen-bond donors (Lipinski definition) is 1. The lowest BCUT2D eigenvalue weighted by molar-refractivity contribution is -0.118. The first-order chi connectivity index (χ1) is 7.50. The average molecular weight is 227 g/mol. The van der Waals surface area contributed by atoms with Crippen LogP contribution < -0.4 is 5.73 Å². The Morgan fingerprint density at radius 3 is 2.44 bits per heavy atom. The van der Waals surface area contributed by atoms with Gasteiger partial charge in [0.05, 0.1) is 0 Å². The van der Waals surface area contributed by atoms with Crippen LogP contribution in [0.15, 0.2) is 18.2 Å².